The third-order valence-electron chi connectivity index (χ3n) is 4.84. The number of ether oxygens (including phenoxy) is 2. The highest BCUT2D eigenvalue weighted by Crippen LogP contribution is 2.39. The van der Waals surface area contributed by atoms with Gasteiger partial charge in [0.05, 0.1) is 42.7 Å². The lowest BCUT2D eigenvalue weighted by molar-refractivity contribution is -0.149. The normalized spacial score (nSPS) is 16.4. The van der Waals surface area contributed by atoms with Crippen LogP contribution in [0.1, 0.15) is 29.4 Å². The molecular formula is C19H20Cl2N4O5. The minimum atomic E-state index is -1.20. The zero-order valence-corrected chi connectivity index (χ0v) is 17.8. The maximum absolute atomic E-state index is 13.2. The SMILES string of the molecule is COC(=O)CC(NC(=O)N1CCc2[nH]cnc2C1c1cccc(Cl)c1Cl)C(=O)OC. The summed E-state index contributed by atoms with van der Waals surface area (Å²) in [7, 11) is 2.36. The minimum Gasteiger partial charge on any atom is -0.469 e. The molecule has 2 amide bonds. The molecule has 1 aromatic heterocycles. The Bertz CT molecular complexity index is 964. The molecule has 2 aromatic rings. The Morgan fingerprint density at radius 2 is 2.07 bits per heavy atom. The molecule has 1 aliphatic rings. The van der Waals surface area contributed by atoms with E-state index in [0.29, 0.717) is 34.3 Å². The Morgan fingerprint density at radius 3 is 2.77 bits per heavy atom. The number of aromatic nitrogens is 2. The van der Waals surface area contributed by atoms with E-state index in [0.717, 1.165) is 5.69 Å². The van der Waals surface area contributed by atoms with Crippen molar-refractivity contribution < 1.29 is 23.9 Å². The summed E-state index contributed by atoms with van der Waals surface area (Å²) in [6.45, 7) is 0.320. The number of amides is 2. The fraction of sp³-hybridized carbons (Fsp3) is 0.368. The van der Waals surface area contributed by atoms with Crippen molar-refractivity contribution in [1.29, 1.82) is 0 Å². The number of methoxy groups -OCH3 is 2. The van der Waals surface area contributed by atoms with E-state index in [1.165, 1.54) is 19.1 Å². The number of rotatable bonds is 5. The van der Waals surface area contributed by atoms with Gasteiger partial charge >= 0.3 is 18.0 Å². The Balaban J connectivity index is 1.94. The van der Waals surface area contributed by atoms with Crippen molar-refractivity contribution in [1.82, 2.24) is 20.2 Å². The number of esters is 2. The van der Waals surface area contributed by atoms with E-state index in [-0.39, 0.29) is 6.42 Å². The smallest absolute Gasteiger partial charge is 0.329 e. The van der Waals surface area contributed by atoms with Gasteiger partial charge in [-0.15, -0.1) is 0 Å². The zero-order chi connectivity index (χ0) is 21.8. The van der Waals surface area contributed by atoms with E-state index < -0.39 is 30.1 Å². The predicted molar refractivity (Wildman–Crippen MR) is 108 cm³/mol. The van der Waals surface area contributed by atoms with Crippen LogP contribution in [-0.4, -0.2) is 59.6 Å². The molecular weight excluding hydrogens is 435 g/mol. The molecule has 3 rings (SSSR count). The molecule has 2 heterocycles. The lowest BCUT2D eigenvalue weighted by atomic mass is 9.96. The maximum atomic E-state index is 13.2. The van der Waals surface area contributed by atoms with E-state index in [9.17, 15) is 14.4 Å². The summed E-state index contributed by atoms with van der Waals surface area (Å²) in [6, 6.07) is 2.72. The summed E-state index contributed by atoms with van der Waals surface area (Å²) in [6.07, 6.45) is 1.71. The second kappa shape index (κ2) is 9.36. The van der Waals surface area contributed by atoms with Crippen LogP contribution in [-0.2, 0) is 25.5 Å². The molecule has 1 aromatic carbocycles. The number of carbonyl (C=O) groups is 3. The summed E-state index contributed by atoms with van der Waals surface area (Å²) in [4.78, 5) is 45.8. The molecule has 30 heavy (non-hydrogen) atoms. The van der Waals surface area contributed by atoms with Crippen molar-refractivity contribution in [3.63, 3.8) is 0 Å². The molecule has 2 unspecified atom stereocenters. The maximum Gasteiger partial charge on any atom is 0.329 e. The zero-order valence-electron chi connectivity index (χ0n) is 16.3. The van der Waals surface area contributed by atoms with Crippen molar-refractivity contribution >= 4 is 41.2 Å². The molecule has 0 aliphatic carbocycles. The van der Waals surface area contributed by atoms with Crippen LogP contribution in [0.5, 0.6) is 0 Å². The summed E-state index contributed by atoms with van der Waals surface area (Å²) >= 11 is 12.6. The van der Waals surface area contributed by atoms with E-state index in [1.54, 1.807) is 24.5 Å². The summed E-state index contributed by atoms with van der Waals surface area (Å²) in [5.74, 6) is -1.42. The molecule has 2 atom stereocenters. The Hall–Kier alpha value is -2.78. The number of fused-ring (bicyclic) bond motifs is 1. The van der Waals surface area contributed by atoms with E-state index in [1.807, 2.05) is 0 Å². The van der Waals surface area contributed by atoms with Gasteiger partial charge in [-0.25, -0.2) is 14.6 Å². The number of carbonyl (C=O) groups excluding carboxylic acids is 3. The van der Waals surface area contributed by atoms with Crippen LogP contribution in [0, 0.1) is 0 Å². The fourth-order valence-corrected chi connectivity index (χ4v) is 3.77. The second-order valence-corrected chi connectivity index (χ2v) is 7.35. The van der Waals surface area contributed by atoms with Crippen LogP contribution in [0.2, 0.25) is 10.0 Å². The molecule has 0 fully saturated rings. The average Bonchev–Trinajstić information content (AvgIpc) is 3.22. The monoisotopic (exact) mass is 454 g/mol. The first-order valence-electron chi connectivity index (χ1n) is 9.05. The number of urea groups is 1. The number of nitrogens with one attached hydrogen (secondary N) is 2. The van der Waals surface area contributed by atoms with Crippen molar-refractivity contribution in [2.24, 2.45) is 0 Å². The standard InChI is InChI=1S/C19H20Cl2N4O5/c1-29-14(26)8-13(18(27)30-2)24-19(28)25-7-6-12-16(23-9-22-12)17(25)10-4-3-5-11(20)15(10)21/h3-5,9,13,17H,6-8H2,1-2H3,(H,22,23)(H,24,28). The number of hydrogen-bond donors (Lipinski definition) is 2. The van der Waals surface area contributed by atoms with Gasteiger partial charge in [0.2, 0.25) is 0 Å². The van der Waals surface area contributed by atoms with Crippen LogP contribution in [0.4, 0.5) is 4.79 Å². The minimum absolute atomic E-state index is 0.303. The summed E-state index contributed by atoms with van der Waals surface area (Å²) < 4.78 is 9.30. The molecule has 0 bridgehead atoms. The first kappa shape index (κ1) is 21.9. The van der Waals surface area contributed by atoms with Crippen LogP contribution in [0.15, 0.2) is 24.5 Å². The first-order chi connectivity index (χ1) is 14.4. The van der Waals surface area contributed by atoms with Crippen LogP contribution in [0.3, 0.4) is 0 Å². The van der Waals surface area contributed by atoms with Gasteiger partial charge in [0.15, 0.2) is 0 Å². The molecule has 0 saturated heterocycles. The van der Waals surface area contributed by atoms with Crippen molar-refractivity contribution in [3.8, 4) is 0 Å². The van der Waals surface area contributed by atoms with E-state index >= 15 is 0 Å². The fourth-order valence-electron chi connectivity index (χ4n) is 3.36. The highest BCUT2D eigenvalue weighted by Gasteiger charge is 2.37. The topological polar surface area (TPSA) is 114 Å². The number of hydrogen-bond acceptors (Lipinski definition) is 6. The van der Waals surface area contributed by atoms with E-state index in [4.69, 9.17) is 27.9 Å². The van der Waals surface area contributed by atoms with Crippen molar-refractivity contribution in [3.05, 3.63) is 51.5 Å². The number of benzene rings is 1. The van der Waals surface area contributed by atoms with Gasteiger partial charge in [-0.3, -0.25) is 4.79 Å². The summed E-state index contributed by atoms with van der Waals surface area (Å²) in [5.41, 5.74) is 2.09. The van der Waals surface area contributed by atoms with E-state index in [2.05, 4.69) is 20.0 Å². The molecule has 11 heteroatoms. The van der Waals surface area contributed by atoms with Gasteiger partial charge in [0.1, 0.15) is 12.1 Å². The lowest BCUT2D eigenvalue weighted by Crippen LogP contribution is -2.52. The van der Waals surface area contributed by atoms with Crippen LogP contribution < -0.4 is 5.32 Å². The quantitative estimate of drug-likeness (QED) is 0.670. The molecule has 160 valence electrons. The predicted octanol–water partition coefficient (Wildman–Crippen LogP) is 2.48. The third-order valence-corrected chi connectivity index (χ3v) is 5.68. The highest BCUT2D eigenvalue weighted by molar-refractivity contribution is 6.42. The first-order valence-corrected chi connectivity index (χ1v) is 9.80. The molecule has 9 nitrogen and oxygen atoms in total. The Kier molecular flexibility index (Phi) is 6.84. The lowest BCUT2D eigenvalue weighted by Gasteiger charge is -2.36. The number of imidazole rings is 1. The molecule has 0 saturated carbocycles. The van der Waals surface area contributed by atoms with Gasteiger partial charge in [0, 0.05) is 24.2 Å². The highest BCUT2D eigenvalue weighted by atomic mass is 35.5. The third kappa shape index (κ3) is 4.36. The number of aromatic amines is 1. The number of H-pyrrole nitrogens is 1. The van der Waals surface area contributed by atoms with Gasteiger partial charge in [0.25, 0.3) is 0 Å². The number of nitrogens with zero attached hydrogens (tertiary/aromatic N) is 2. The van der Waals surface area contributed by atoms with Gasteiger partial charge in [-0.1, -0.05) is 35.3 Å². The number of halogens is 2. The van der Waals surface area contributed by atoms with Crippen molar-refractivity contribution in [2.75, 3.05) is 20.8 Å². The van der Waals surface area contributed by atoms with Crippen LogP contribution in [0.25, 0.3) is 0 Å². The summed E-state index contributed by atoms with van der Waals surface area (Å²) in [5, 5.41) is 3.20. The average molecular weight is 455 g/mol. The Labute approximate surface area is 182 Å². The van der Waals surface area contributed by atoms with Gasteiger partial charge in [-0.05, 0) is 6.07 Å². The molecule has 0 spiro atoms. The largest absolute Gasteiger partial charge is 0.469 e. The van der Waals surface area contributed by atoms with Gasteiger partial charge in [-0.2, -0.15) is 0 Å². The Morgan fingerprint density at radius 1 is 1.30 bits per heavy atom. The van der Waals surface area contributed by atoms with Gasteiger partial charge < -0.3 is 24.7 Å². The molecule has 1 aliphatic heterocycles. The molecule has 2 N–H and O–H groups in total. The molecule has 0 radical (unpaired) electrons. The van der Waals surface area contributed by atoms with Crippen molar-refractivity contribution in [2.45, 2.75) is 24.9 Å². The van der Waals surface area contributed by atoms with Crippen LogP contribution >= 0.6 is 23.2 Å². The second-order valence-electron chi connectivity index (χ2n) is 6.56.